The maximum Gasteiger partial charge on any atom is 0.203 e. The number of benzene rings is 1. The van der Waals surface area contributed by atoms with E-state index in [2.05, 4.69) is 6.07 Å². The Morgan fingerprint density at radius 2 is 1.50 bits per heavy atom. The van der Waals surface area contributed by atoms with E-state index < -0.39 is 0 Å². The molecule has 0 amide bonds. The van der Waals surface area contributed by atoms with Crippen LogP contribution in [0.1, 0.15) is 25.3 Å². The number of hydrogen-bond acceptors (Lipinski definition) is 4. The zero-order chi connectivity index (χ0) is 13.7. The van der Waals surface area contributed by atoms with Crippen LogP contribution < -0.4 is 14.2 Å². The molecule has 0 fully saturated rings. The summed E-state index contributed by atoms with van der Waals surface area (Å²) >= 11 is 0. The maximum atomic E-state index is 9.24. The molecule has 18 heavy (non-hydrogen) atoms. The van der Waals surface area contributed by atoms with E-state index in [1.165, 1.54) is 0 Å². The highest BCUT2D eigenvalue weighted by molar-refractivity contribution is 5.55. The topological polar surface area (TPSA) is 51.5 Å². The first-order chi connectivity index (χ1) is 8.58. The van der Waals surface area contributed by atoms with Crippen LogP contribution in [-0.4, -0.2) is 21.3 Å². The van der Waals surface area contributed by atoms with E-state index in [-0.39, 0.29) is 11.8 Å². The quantitative estimate of drug-likeness (QED) is 0.805. The van der Waals surface area contributed by atoms with Crippen molar-refractivity contribution in [3.05, 3.63) is 17.7 Å². The first-order valence-electron chi connectivity index (χ1n) is 5.78. The molecule has 1 aromatic carbocycles. The lowest BCUT2D eigenvalue weighted by Crippen LogP contribution is -2.06. The van der Waals surface area contributed by atoms with E-state index in [4.69, 9.17) is 14.2 Å². The molecule has 0 saturated heterocycles. The summed E-state index contributed by atoms with van der Waals surface area (Å²) < 4.78 is 15.8. The van der Waals surface area contributed by atoms with Crippen molar-refractivity contribution in [2.75, 3.05) is 21.3 Å². The van der Waals surface area contributed by atoms with Gasteiger partial charge in [-0.05, 0) is 23.6 Å². The summed E-state index contributed by atoms with van der Waals surface area (Å²) in [6.07, 6.45) is 0. The Hall–Kier alpha value is -1.89. The third kappa shape index (κ3) is 2.67. The molecule has 4 heteroatoms. The van der Waals surface area contributed by atoms with Crippen LogP contribution in [0.3, 0.4) is 0 Å². The van der Waals surface area contributed by atoms with Crippen LogP contribution in [-0.2, 0) is 0 Å². The minimum absolute atomic E-state index is 0.196. The fourth-order valence-electron chi connectivity index (χ4n) is 1.89. The molecule has 1 aromatic rings. The molecule has 0 heterocycles. The van der Waals surface area contributed by atoms with Crippen molar-refractivity contribution < 1.29 is 14.2 Å². The Morgan fingerprint density at radius 3 is 1.78 bits per heavy atom. The monoisotopic (exact) mass is 249 g/mol. The van der Waals surface area contributed by atoms with Crippen LogP contribution in [0.4, 0.5) is 0 Å². The van der Waals surface area contributed by atoms with Gasteiger partial charge in [0, 0.05) is 0 Å². The number of nitrogens with zero attached hydrogens (tertiary/aromatic N) is 1. The summed E-state index contributed by atoms with van der Waals surface area (Å²) in [7, 11) is 4.69. The van der Waals surface area contributed by atoms with Gasteiger partial charge in [0.25, 0.3) is 0 Å². The van der Waals surface area contributed by atoms with Crippen molar-refractivity contribution in [3.63, 3.8) is 0 Å². The van der Waals surface area contributed by atoms with Crippen LogP contribution >= 0.6 is 0 Å². The van der Waals surface area contributed by atoms with Gasteiger partial charge in [0.15, 0.2) is 11.5 Å². The van der Waals surface area contributed by atoms with Crippen LogP contribution in [0.15, 0.2) is 12.1 Å². The highest BCUT2D eigenvalue weighted by Crippen LogP contribution is 2.41. The molecule has 0 unspecified atom stereocenters. The lowest BCUT2D eigenvalue weighted by molar-refractivity contribution is 0.323. The van der Waals surface area contributed by atoms with Gasteiger partial charge < -0.3 is 14.2 Å². The fourth-order valence-corrected chi connectivity index (χ4v) is 1.89. The number of nitriles is 1. The van der Waals surface area contributed by atoms with Crippen molar-refractivity contribution >= 4 is 0 Å². The van der Waals surface area contributed by atoms with Gasteiger partial charge in [-0.3, -0.25) is 0 Å². The number of hydrogen-bond donors (Lipinski definition) is 0. The molecular weight excluding hydrogens is 230 g/mol. The lowest BCUT2D eigenvalue weighted by atomic mass is 9.89. The van der Waals surface area contributed by atoms with Crippen molar-refractivity contribution in [3.8, 4) is 23.3 Å². The molecule has 0 N–H and O–H groups in total. The molecule has 0 aromatic heterocycles. The van der Waals surface area contributed by atoms with Crippen molar-refractivity contribution in [2.45, 2.75) is 19.8 Å². The summed E-state index contributed by atoms with van der Waals surface area (Å²) in [6.45, 7) is 4.02. The van der Waals surface area contributed by atoms with Gasteiger partial charge in [0.2, 0.25) is 5.75 Å². The first-order valence-corrected chi connectivity index (χ1v) is 5.78. The third-order valence-electron chi connectivity index (χ3n) is 2.85. The normalized spacial score (nSPS) is 11.8. The van der Waals surface area contributed by atoms with Gasteiger partial charge in [-0.15, -0.1) is 0 Å². The Bertz CT molecular complexity index is 424. The molecule has 0 aliphatic rings. The Balaban J connectivity index is 3.36. The predicted molar refractivity (Wildman–Crippen MR) is 69.3 cm³/mol. The number of methoxy groups -OCH3 is 3. The second-order valence-corrected chi connectivity index (χ2v) is 4.31. The minimum atomic E-state index is -0.196. The molecule has 0 aliphatic carbocycles. The van der Waals surface area contributed by atoms with Crippen molar-refractivity contribution in [1.29, 1.82) is 5.26 Å². The van der Waals surface area contributed by atoms with Gasteiger partial charge in [-0.2, -0.15) is 5.26 Å². The number of ether oxygens (including phenoxy) is 3. The van der Waals surface area contributed by atoms with E-state index in [0.29, 0.717) is 17.2 Å². The van der Waals surface area contributed by atoms with Gasteiger partial charge in [0.1, 0.15) is 0 Å². The summed E-state index contributed by atoms with van der Waals surface area (Å²) in [5.41, 5.74) is 0.877. The highest BCUT2D eigenvalue weighted by Gasteiger charge is 2.20. The van der Waals surface area contributed by atoms with Gasteiger partial charge in [0.05, 0.1) is 33.3 Å². The lowest BCUT2D eigenvalue weighted by Gasteiger charge is -2.18. The largest absolute Gasteiger partial charge is 0.493 e. The summed E-state index contributed by atoms with van der Waals surface area (Å²) in [4.78, 5) is 0. The van der Waals surface area contributed by atoms with Crippen molar-refractivity contribution in [1.82, 2.24) is 0 Å². The van der Waals surface area contributed by atoms with E-state index in [1.54, 1.807) is 21.3 Å². The van der Waals surface area contributed by atoms with E-state index >= 15 is 0 Å². The molecule has 4 nitrogen and oxygen atoms in total. The molecule has 0 spiro atoms. The second-order valence-electron chi connectivity index (χ2n) is 4.31. The maximum absolute atomic E-state index is 9.24. The summed E-state index contributed by atoms with van der Waals surface area (Å²) in [6, 6.07) is 5.96. The van der Waals surface area contributed by atoms with Gasteiger partial charge >= 0.3 is 0 Å². The standard InChI is InChI=1S/C14H19NO3/c1-9(2)11(8-15)10-6-12(16-3)14(18-5)13(7-10)17-4/h6-7,9,11H,1-5H3/t11-/m0/s1. The highest BCUT2D eigenvalue weighted by atomic mass is 16.5. The molecule has 0 saturated carbocycles. The van der Waals surface area contributed by atoms with Crippen LogP contribution in [0.5, 0.6) is 17.2 Å². The average Bonchev–Trinajstić information content (AvgIpc) is 2.37. The Kier molecular flexibility index (Phi) is 4.85. The fraction of sp³-hybridized carbons (Fsp3) is 0.500. The zero-order valence-electron chi connectivity index (χ0n) is 11.5. The first kappa shape index (κ1) is 14.2. The van der Waals surface area contributed by atoms with Crippen LogP contribution in [0.2, 0.25) is 0 Å². The SMILES string of the molecule is COc1cc([C@@H](C#N)C(C)C)cc(OC)c1OC. The van der Waals surface area contributed by atoms with Crippen LogP contribution in [0, 0.1) is 17.2 Å². The van der Waals surface area contributed by atoms with Gasteiger partial charge in [-0.25, -0.2) is 0 Å². The molecular formula is C14H19NO3. The molecule has 1 atom stereocenters. The van der Waals surface area contributed by atoms with Gasteiger partial charge in [-0.1, -0.05) is 13.8 Å². The molecule has 0 bridgehead atoms. The molecule has 98 valence electrons. The predicted octanol–water partition coefficient (Wildman–Crippen LogP) is 2.98. The van der Waals surface area contributed by atoms with Crippen LogP contribution in [0.25, 0.3) is 0 Å². The van der Waals surface area contributed by atoms with Crippen molar-refractivity contribution in [2.24, 2.45) is 5.92 Å². The summed E-state index contributed by atoms with van der Waals surface area (Å²) in [5.74, 6) is 1.72. The minimum Gasteiger partial charge on any atom is -0.493 e. The Labute approximate surface area is 108 Å². The zero-order valence-corrected chi connectivity index (χ0v) is 11.5. The van der Waals surface area contributed by atoms with E-state index in [0.717, 1.165) is 5.56 Å². The van der Waals surface area contributed by atoms with E-state index in [9.17, 15) is 5.26 Å². The molecule has 0 aliphatic heterocycles. The average molecular weight is 249 g/mol. The smallest absolute Gasteiger partial charge is 0.203 e. The van der Waals surface area contributed by atoms with E-state index in [1.807, 2.05) is 26.0 Å². The third-order valence-corrected chi connectivity index (χ3v) is 2.85. The second kappa shape index (κ2) is 6.15. The number of rotatable bonds is 5. The molecule has 1 rings (SSSR count). The Morgan fingerprint density at radius 1 is 1.00 bits per heavy atom. The summed E-state index contributed by atoms with van der Waals surface area (Å²) in [5, 5.41) is 9.24. The molecule has 0 radical (unpaired) electrons.